The first-order valence-corrected chi connectivity index (χ1v) is 6.62. The summed E-state index contributed by atoms with van der Waals surface area (Å²) in [5.41, 5.74) is 4.73. The van der Waals surface area contributed by atoms with Crippen molar-refractivity contribution in [1.29, 1.82) is 0 Å². The van der Waals surface area contributed by atoms with Gasteiger partial charge in [-0.2, -0.15) is 0 Å². The lowest BCUT2D eigenvalue weighted by molar-refractivity contribution is -0.118. The second-order valence-corrected chi connectivity index (χ2v) is 5.00. The molecule has 1 heterocycles. The molecule has 0 bridgehead atoms. The number of carbonyl (C=O) groups is 1. The first kappa shape index (κ1) is 13.5. The molecule has 0 spiro atoms. The zero-order valence-corrected chi connectivity index (χ0v) is 11.5. The van der Waals surface area contributed by atoms with Gasteiger partial charge in [-0.25, -0.2) is 0 Å². The number of Topliss-reactive ketones (excluding diaryl/α,β-unsaturated/α-hetero) is 1. The number of nitrogens with zero attached hydrogens (tertiary/aromatic N) is 1. The first-order chi connectivity index (χ1) is 9.15. The molecule has 0 saturated heterocycles. The number of hydrogen-bond donors (Lipinski definition) is 0. The molecule has 2 aromatic rings. The molecule has 2 nitrogen and oxygen atoms in total. The number of ketones is 1. The molecule has 19 heavy (non-hydrogen) atoms. The van der Waals surface area contributed by atoms with Gasteiger partial charge in [0.1, 0.15) is 5.78 Å². The molecule has 2 heteroatoms. The van der Waals surface area contributed by atoms with E-state index in [4.69, 9.17) is 0 Å². The van der Waals surface area contributed by atoms with Crippen LogP contribution in [0.1, 0.15) is 28.7 Å². The van der Waals surface area contributed by atoms with E-state index in [0.717, 1.165) is 12.0 Å². The van der Waals surface area contributed by atoms with Gasteiger partial charge in [-0.1, -0.05) is 23.8 Å². The Kier molecular flexibility index (Phi) is 4.45. The van der Waals surface area contributed by atoms with E-state index in [-0.39, 0.29) is 0 Å². The fourth-order valence-corrected chi connectivity index (χ4v) is 2.12. The first-order valence-electron chi connectivity index (χ1n) is 6.62. The quantitative estimate of drug-likeness (QED) is 0.817. The molecular weight excluding hydrogens is 234 g/mol. The van der Waals surface area contributed by atoms with Crippen LogP contribution in [0.15, 0.2) is 42.7 Å². The molecule has 1 aromatic carbocycles. The molecule has 2 rings (SSSR count). The predicted octanol–water partition coefficient (Wildman–Crippen LogP) is 3.44. The summed E-state index contributed by atoms with van der Waals surface area (Å²) in [6.45, 7) is 4.12. The number of benzene rings is 1. The summed E-state index contributed by atoms with van der Waals surface area (Å²) in [5.74, 6) is 0.297. The van der Waals surface area contributed by atoms with Crippen LogP contribution in [0.3, 0.4) is 0 Å². The summed E-state index contributed by atoms with van der Waals surface area (Å²) >= 11 is 0. The molecule has 0 unspecified atom stereocenters. The average Bonchev–Trinajstić information content (AvgIpc) is 2.42. The van der Waals surface area contributed by atoms with Crippen molar-refractivity contribution >= 4 is 5.78 Å². The lowest BCUT2D eigenvalue weighted by Gasteiger charge is -2.06. The molecule has 0 saturated carbocycles. The highest BCUT2D eigenvalue weighted by atomic mass is 16.1. The SMILES string of the molecule is Cc1ccc(C)c(CC(=O)CCc2ccncc2)c1. The van der Waals surface area contributed by atoms with E-state index in [9.17, 15) is 4.79 Å². The highest BCUT2D eigenvalue weighted by Crippen LogP contribution is 2.13. The van der Waals surface area contributed by atoms with E-state index < -0.39 is 0 Å². The molecule has 1 aromatic heterocycles. The van der Waals surface area contributed by atoms with Crippen LogP contribution in [0, 0.1) is 13.8 Å². The van der Waals surface area contributed by atoms with Crippen molar-refractivity contribution < 1.29 is 4.79 Å². The van der Waals surface area contributed by atoms with E-state index in [1.807, 2.05) is 12.1 Å². The summed E-state index contributed by atoms with van der Waals surface area (Å²) in [6, 6.07) is 10.2. The lowest BCUT2D eigenvalue weighted by atomic mass is 9.98. The molecule has 0 aliphatic carbocycles. The second-order valence-electron chi connectivity index (χ2n) is 5.00. The van der Waals surface area contributed by atoms with Crippen molar-refractivity contribution in [2.75, 3.05) is 0 Å². The second kappa shape index (κ2) is 6.28. The summed E-state index contributed by atoms with van der Waals surface area (Å²) in [7, 11) is 0. The van der Waals surface area contributed by atoms with Gasteiger partial charge in [-0.05, 0) is 49.1 Å². The van der Waals surface area contributed by atoms with Crippen molar-refractivity contribution in [3.63, 3.8) is 0 Å². The fourth-order valence-electron chi connectivity index (χ4n) is 2.12. The van der Waals surface area contributed by atoms with Crippen LogP contribution in [0.2, 0.25) is 0 Å². The van der Waals surface area contributed by atoms with Gasteiger partial charge in [0.05, 0.1) is 0 Å². The van der Waals surface area contributed by atoms with Crippen LogP contribution in [0.5, 0.6) is 0 Å². The minimum Gasteiger partial charge on any atom is -0.299 e. The predicted molar refractivity (Wildman–Crippen MR) is 77.2 cm³/mol. The van der Waals surface area contributed by atoms with Crippen molar-refractivity contribution in [3.8, 4) is 0 Å². The van der Waals surface area contributed by atoms with Gasteiger partial charge in [0, 0.05) is 25.2 Å². The third kappa shape index (κ3) is 4.02. The lowest BCUT2D eigenvalue weighted by Crippen LogP contribution is -2.06. The zero-order chi connectivity index (χ0) is 13.7. The van der Waals surface area contributed by atoms with Gasteiger partial charge in [0.2, 0.25) is 0 Å². The van der Waals surface area contributed by atoms with Crippen LogP contribution in [0.4, 0.5) is 0 Å². The largest absolute Gasteiger partial charge is 0.299 e. The van der Waals surface area contributed by atoms with E-state index in [2.05, 4.69) is 37.0 Å². The maximum atomic E-state index is 12.0. The Morgan fingerprint density at radius 1 is 1.11 bits per heavy atom. The van der Waals surface area contributed by atoms with Crippen LogP contribution in [0.25, 0.3) is 0 Å². The summed E-state index contributed by atoms with van der Waals surface area (Å²) < 4.78 is 0. The van der Waals surface area contributed by atoms with Crippen molar-refractivity contribution in [1.82, 2.24) is 4.98 Å². The Labute approximate surface area is 114 Å². The zero-order valence-electron chi connectivity index (χ0n) is 11.5. The van der Waals surface area contributed by atoms with Crippen LogP contribution >= 0.6 is 0 Å². The maximum Gasteiger partial charge on any atom is 0.137 e. The van der Waals surface area contributed by atoms with E-state index >= 15 is 0 Å². The number of aryl methyl sites for hydroxylation is 3. The van der Waals surface area contributed by atoms with Crippen molar-refractivity contribution in [2.45, 2.75) is 33.1 Å². The van der Waals surface area contributed by atoms with Gasteiger partial charge >= 0.3 is 0 Å². The third-order valence-electron chi connectivity index (χ3n) is 3.33. The fraction of sp³-hybridized carbons (Fsp3) is 0.294. The molecule has 0 atom stereocenters. The maximum absolute atomic E-state index is 12.0. The van der Waals surface area contributed by atoms with Crippen molar-refractivity contribution in [3.05, 3.63) is 65.0 Å². The third-order valence-corrected chi connectivity index (χ3v) is 3.33. The number of pyridine rings is 1. The summed E-state index contributed by atoms with van der Waals surface area (Å²) in [6.07, 6.45) is 5.47. The Morgan fingerprint density at radius 3 is 2.58 bits per heavy atom. The van der Waals surface area contributed by atoms with Crippen LogP contribution in [-0.2, 0) is 17.6 Å². The Balaban J connectivity index is 1.93. The number of aromatic nitrogens is 1. The molecular formula is C17H19NO. The summed E-state index contributed by atoms with van der Waals surface area (Å²) in [4.78, 5) is 16.0. The highest BCUT2D eigenvalue weighted by Gasteiger charge is 2.07. The van der Waals surface area contributed by atoms with Crippen LogP contribution in [-0.4, -0.2) is 10.8 Å². The summed E-state index contributed by atoms with van der Waals surface area (Å²) in [5, 5.41) is 0. The topological polar surface area (TPSA) is 30.0 Å². The Morgan fingerprint density at radius 2 is 1.84 bits per heavy atom. The average molecular weight is 253 g/mol. The van der Waals surface area contributed by atoms with E-state index in [1.165, 1.54) is 16.7 Å². The smallest absolute Gasteiger partial charge is 0.137 e. The van der Waals surface area contributed by atoms with E-state index in [0.29, 0.717) is 18.6 Å². The normalized spacial score (nSPS) is 10.4. The number of hydrogen-bond acceptors (Lipinski definition) is 2. The molecule has 0 radical (unpaired) electrons. The van der Waals surface area contributed by atoms with Gasteiger partial charge in [-0.3, -0.25) is 9.78 Å². The van der Waals surface area contributed by atoms with Gasteiger partial charge in [0.15, 0.2) is 0 Å². The molecule has 0 aliphatic heterocycles. The minimum atomic E-state index is 0.297. The molecule has 0 N–H and O–H groups in total. The molecule has 98 valence electrons. The number of rotatable bonds is 5. The van der Waals surface area contributed by atoms with E-state index in [1.54, 1.807) is 12.4 Å². The van der Waals surface area contributed by atoms with Gasteiger partial charge in [-0.15, -0.1) is 0 Å². The minimum absolute atomic E-state index is 0.297. The highest BCUT2D eigenvalue weighted by molar-refractivity contribution is 5.81. The molecule has 0 amide bonds. The van der Waals surface area contributed by atoms with Gasteiger partial charge < -0.3 is 0 Å². The standard InChI is InChI=1S/C17H19NO/c1-13-3-4-14(2)16(11-13)12-17(19)6-5-15-7-9-18-10-8-15/h3-4,7-11H,5-6,12H2,1-2H3. The number of carbonyl (C=O) groups excluding carboxylic acids is 1. The van der Waals surface area contributed by atoms with Gasteiger partial charge in [0.25, 0.3) is 0 Å². The van der Waals surface area contributed by atoms with Crippen LogP contribution < -0.4 is 0 Å². The molecule has 0 fully saturated rings. The monoisotopic (exact) mass is 253 g/mol. The molecule has 0 aliphatic rings. The Hall–Kier alpha value is -1.96. The van der Waals surface area contributed by atoms with Crippen molar-refractivity contribution in [2.24, 2.45) is 0 Å². The Bertz CT molecular complexity index is 561.